The van der Waals surface area contributed by atoms with Crippen LogP contribution in [0, 0.1) is 34.5 Å². The number of fused-ring (bicyclic) bond motifs is 6. The lowest BCUT2D eigenvalue weighted by molar-refractivity contribution is -0.160. The van der Waals surface area contributed by atoms with Crippen LogP contribution in [0.2, 0.25) is 0 Å². The summed E-state index contributed by atoms with van der Waals surface area (Å²) in [4.78, 5) is 12.4. The van der Waals surface area contributed by atoms with Gasteiger partial charge in [-0.15, -0.1) is 9.24 Å². The van der Waals surface area contributed by atoms with E-state index in [-0.39, 0.29) is 16.6 Å². The Balaban J connectivity index is 1.54. The molecule has 1 aromatic heterocycles. The van der Waals surface area contributed by atoms with Crippen molar-refractivity contribution in [2.45, 2.75) is 78.1 Å². The van der Waals surface area contributed by atoms with Crippen LogP contribution in [-0.4, -0.2) is 26.3 Å². The maximum Gasteiger partial charge on any atom is 0.161 e. The van der Waals surface area contributed by atoms with Gasteiger partial charge in [0.25, 0.3) is 0 Å². The minimum absolute atomic E-state index is 0.0243. The lowest BCUT2D eigenvalue weighted by Gasteiger charge is -2.60. The molecular weight excluding hydrogens is 379 g/mol. The van der Waals surface area contributed by atoms with E-state index >= 15 is 0 Å². The summed E-state index contributed by atoms with van der Waals surface area (Å²) in [6.45, 7) is 8.68. The fourth-order valence-corrected chi connectivity index (χ4v) is 8.41. The summed E-state index contributed by atoms with van der Waals surface area (Å²) in [6.07, 6.45) is 11.4. The number of hydrogen-bond acceptors (Lipinski definition) is 3. The predicted octanol–water partition coefficient (Wildman–Crippen LogP) is 4.46. The predicted molar refractivity (Wildman–Crippen MR) is 118 cm³/mol. The first-order chi connectivity index (χ1) is 13.6. The Morgan fingerprint density at radius 2 is 2.03 bits per heavy atom. The summed E-state index contributed by atoms with van der Waals surface area (Å²) in [5, 5.41) is 16.1. The molecule has 1 aromatic rings. The monoisotopic (exact) mass is 414 g/mol. The molecule has 4 nitrogen and oxygen atoms in total. The first-order valence-electron chi connectivity index (χ1n) is 11.4. The normalized spacial score (nSPS) is 45.7. The Morgan fingerprint density at radius 3 is 2.72 bits per heavy atom. The molecule has 3 saturated carbocycles. The minimum atomic E-state index is -1.12. The summed E-state index contributed by atoms with van der Waals surface area (Å²) in [6, 6.07) is 0. The van der Waals surface area contributed by atoms with Gasteiger partial charge in [-0.1, -0.05) is 26.3 Å². The molecule has 29 heavy (non-hydrogen) atoms. The lowest BCUT2D eigenvalue weighted by atomic mass is 9.44. The van der Waals surface area contributed by atoms with Gasteiger partial charge in [-0.05, 0) is 86.2 Å². The maximum absolute atomic E-state index is 12.4. The molecule has 4 aliphatic rings. The molecule has 8 atom stereocenters. The van der Waals surface area contributed by atoms with Gasteiger partial charge in [0.2, 0.25) is 0 Å². The van der Waals surface area contributed by atoms with E-state index in [2.05, 4.69) is 42.3 Å². The number of ketones is 1. The molecule has 1 heterocycles. The Labute approximate surface area is 176 Å². The Morgan fingerprint density at radius 1 is 1.31 bits per heavy atom. The number of allylic oxidation sites excluding steroid dienone is 1. The van der Waals surface area contributed by atoms with E-state index in [4.69, 9.17) is 5.10 Å². The molecule has 0 amide bonds. The number of carbonyl (C=O) groups excluding carboxylic acids is 1. The molecular formula is C24H35N2O2P. The summed E-state index contributed by atoms with van der Waals surface area (Å²) in [5.74, 6) is 2.18. The van der Waals surface area contributed by atoms with Crippen molar-refractivity contribution in [3.05, 3.63) is 23.0 Å². The molecule has 5 heteroatoms. The van der Waals surface area contributed by atoms with Crippen LogP contribution in [0.3, 0.4) is 0 Å². The highest BCUT2D eigenvalue weighted by Gasteiger charge is 2.66. The average Bonchev–Trinajstić information content (AvgIpc) is 3.19. The summed E-state index contributed by atoms with van der Waals surface area (Å²) in [5.41, 5.74) is 2.92. The van der Waals surface area contributed by atoms with Crippen LogP contribution < -0.4 is 0 Å². The van der Waals surface area contributed by atoms with E-state index in [0.717, 1.165) is 37.7 Å². The molecule has 4 aliphatic carbocycles. The molecule has 158 valence electrons. The van der Waals surface area contributed by atoms with Gasteiger partial charge < -0.3 is 5.11 Å². The molecule has 0 saturated heterocycles. The van der Waals surface area contributed by atoms with E-state index in [9.17, 15) is 9.90 Å². The molecule has 0 aromatic carbocycles. The van der Waals surface area contributed by atoms with Gasteiger partial charge in [-0.25, -0.2) is 0 Å². The van der Waals surface area contributed by atoms with Gasteiger partial charge in [-0.2, -0.15) is 5.10 Å². The van der Waals surface area contributed by atoms with Crippen LogP contribution in [0.4, 0.5) is 0 Å². The van der Waals surface area contributed by atoms with Crippen molar-refractivity contribution in [1.29, 1.82) is 0 Å². The van der Waals surface area contributed by atoms with Crippen LogP contribution in [-0.2, 0) is 17.5 Å². The second kappa shape index (κ2) is 6.26. The van der Waals surface area contributed by atoms with Crippen LogP contribution in [0.15, 0.2) is 11.8 Å². The molecule has 1 unspecified atom stereocenters. The van der Waals surface area contributed by atoms with Gasteiger partial charge in [0, 0.05) is 11.6 Å². The quantitative estimate of drug-likeness (QED) is 0.727. The van der Waals surface area contributed by atoms with E-state index in [1.807, 2.05) is 4.68 Å². The Kier molecular flexibility index (Phi) is 4.31. The standard InChI is InChI=1S/C24H35N2O2P/c1-14-9-17-18(5-7-23(4)19(17)6-8-24(23,28)15(2)27)22(3)11-16-12-26(13-29)25-21(16)10-20(14)22/h10,12,14,17-19,28H,5-9,11,13,29H2,1-4H3/t14-,17+,18-,19-,22+,23-,24-/m0/s1. The second-order valence-electron chi connectivity index (χ2n) is 10.9. The van der Waals surface area contributed by atoms with Gasteiger partial charge in [0.1, 0.15) is 5.60 Å². The highest BCUT2D eigenvalue weighted by Crippen LogP contribution is 2.68. The third-order valence-corrected chi connectivity index (χ3v) is 10.1. The van der Waals surface area contributed by atoms with Gasteiger partial charge in [-0.3, -0.25) is 9.48 Å². The number of rotatable bonds is 2. The number of carbonyl (C=O) groups is 1. The van der Waals surface area contributed by atoms with Gasteiger partial charge >= 0.3 is 0 Å². The molecule has 3 fully saturated rings. The molecule has 0 radical (unpaired) electrons. The third kappa shape index (κ3) is 2.45. The van der Waals surface area contributed by atoms with Crippen LogP contribution >= 0.6 is 9.24 Å². The van der Waals surface area contributed by atoms with Crippen LogP contribution in [0.1, 0.15) is 71.1 Å². The van der Waals surface area contributed by atoms with Crippen molar-refractivity contribution in [1.82, 2.24) is 9.78 Å². The zero-order valence-corrected chi connectivity index (χ0v) is 19.4. The fourth-order valence-electron chi connectivity index (χ4n) is 8.23. The van der Waals surface area contributed by atoms with Crippen molar-refractivity contribution in [3.8, 4) is 0 Å². The first kappa shape index (κ1) is 19.9. The topological polar surface area (TPSA) is 55.1 Å². The molecule has 5 rings (SSSR count). The van der Waals surface area contributed by atoms with Gasteiger partial charge in [0.15, 0.2) is 5.78 Å². The van der Waals surface area contributed by atoms with E-state index in [1.54, 1.807) is 12.5 Å². The lowest BCUT2D eigenvalue weighted by Crippen LogP contribution is -2.58. The van der Waals surface area contributed by atoms with Crippen LogP contribution in [0.5, 0.6) is 0 Å². The number of nitrogens with zero attached hydrogens (tertiary/aromatic N) is 2. The van der Waals surface area contributed by atoms with Crippen LogP contribution in [0.25, 0.3) is 6.08 Å². The summed E-state index contributed by atoms with van der Waals surface area (Å²) in [7, 11) is 2.76. The number of aromatic nitrogens is 2. The molecule has 0 bridgehead atoms. The largest absolute Gasteiger partial charge is 0.382 e. The second-order valence-corrected chi connectivity index (χ2v) is 11.2. The SMILES string of the molecule is CC(=O)[C@@]1(O)CC[C@H]2[C@@H]3C[C@H](C)C4=Cc5nn(CP)cc5C[C@]4(C)[C@H]3CC[C@@]21C. The summed E-state index contributed by atoms with van der Waals surface area (Å²) < 4.78 is 2.04. The Hall–Kier alpha value is -0.990. The zero-order valence-electron chi connectivity index (χ0n) is 18.2. The van der Waals surface area contributed by atoms with Crippen molar-refractivity contribution >= 4 is 21.1 Å². The highest BCUT2D eigenvalue weighted by atomic mass is 31.0. The van der Waals surface area contributed by atoms with E-state index in [1.165, 1.54) is 12.0 Å². The third-order valence-electron chi connectivity index (χ3n) is 9.71. The molecule has 1 N–H and O–H groups in total. The Bertz CT molecular complexity index is 907. The van der Waals surface area contributed by atoms with Crippen molar-refractivity contribution in [2.24, 2.45) is 34.5 Å². The molecule has 0 aliphatic heterocycles. The minimum Gasteiger partial charge on any atom is -0.382 e. The number of Topliss-reactive ketones (excluding diaryl/α,β-unsaturated/α-hetero) is 1. The first-order valence-corrected chi connectivity index (χ1v) is 12.2. The molecule has 0 spiro atoms. The average molecular weight is 415 g/mol. The van der Waals surface area contributed by atoms with E-state index in [0.29, 0.717) is 30.1 Å². The van der Waals surface area contributed by atoms with Crippen molar-refractivity contribution in [3.63, 3.8) is 0 Å². The summed E-state index contributed by atoms with van der Waals surface area (Å²) >= 11 is 0. The van der Waals surface area contributed by atoms with Gasteiger partial charge in [0.05, 0.1) is 12.0 Å². The number of aliphatic hydroxyl groups is 1. The van der Waals surface area contributed by atoms with Crippen molar-refractivity contribution < 1.29 is 9.90 Å². The zero-order chi connectivity index (χ0) is 20.8. The highest BCUT2D eigenvalue weighted by molar-refractivity contribution is 7.15. The smallest absolute Gasteiger partial charge is 0.161 e. The maximum atomic E-state index is 12.4. The van der Waals surface area contributed by atoms with E-state index < -0.39 is 5.60 Å². The fraction of sp³-hybridized carbons (Fsp3) is 0.750. The van der Waals surface area contributed by atoms with Crippen molar-refractivity contribution in [2.75, 3.05) is 0 Å². The number of hydrogen-bond donors (Lipinski definition) is 1.